The summed E-state index contributed by atoms with van der Waals surface area (Å²) in [5.74, 6) is -3.33. The lowest BCUT2D eigenvalue weighted by molar-refractivity contribution is 0.0973. The number of aromatic nitrogens is 4. The van der Waals surface area contributed by atoms with Gasteiger partial charge in [0.05, 0.1) is 41.3 Å². The number of benzene rings is 1. The largest absolute Gasteiger partial charge is 0.395 e. The fourth-order valence-corrected chi connectivity index (χ4v) is 5.97. The maximum Gasteiger partial charge on any atom is 0.272 e. The Morgan fingerprint density at radius 3 is 2.47 bits per heavy atom. The van der Waals surface area contributed by atoms with Crippen LogP contribution in [0.1, 0.15) is 38.1 Å². The summed E-state index contributed by atoms with van der Waals surface area (Å²) in [6.07, 6.45) is 7.49. The first-order valence-electron chi connectivity index (χ1n) is 12.6. The fraction of sp³-hybridized carbons (Fsp3) is 0.480. The maximum absolute atomic E-state index is 13.6. The van der Waals surface area contributed by atoms with E-state index in [4.69, 9.17) is 5.11 Å². The molecule has 2 saturated carbocycles. The van der Waals surface area contributed by atoms with Gasteiger partial charge >= 0.3 is 0 Å². The second-order valence-electron chi connectivity index (χ2n) is 10.5. The summed E-state index contributed by atoms with van der Waals surface area (Å²) in [7, 11) is -3.70. The van der Waals surface area contributed by atoms with Crippen molar-refractivity contribution in [2.24, 2.45) is 5.41 Å². The van der Waals surface area contributed by atoms with Crippen molar-refractivity contribution in [3.8, 4) is 16.9 Å². The zero-order chi connectivity index (χ0) is 26.7. The molecule has 1 unspecified atom stereocenters. The van der Waals surface area contributed by atoms with Crippen molar-refractivity contribution in [3.05, 3.63) is 53.1 Å². The van der Waals surface area contributed by atoms with E-state index in [0.29, 0.717) is 22.4 Å². The van der Waals surface area contributed by atoms with E-state index in [2.05, 4.69) is 19.8 Å². The lowest BCUT2D eigenvalue weighted by Gasteiger charge is -2.35. The Kier molecular flexibility index (Phi) is 5.83. The Balaban J connectivity index is 1.33. The third-order valence-corrected chi connectivity index (χ3v) is 9.04. The highest BCUT2D eigenvalue weighted by molar-refractivity contribution is 7.92. The summed E-state index contributed by atoms with van der Waals surface area (Å²) in [5.41, 5.74) is 2.67. The van der Waals surface area contributed by atoms with Gasteiger partial charge in [0.1, 0.15) is 6.04 Å². The molecule has 6 rings (SSSR count). The van der Waals surface area contributed by atoms with E-state index in [1.54, 1.807) is 35.3 Å². The molecule has 1 spiro atoms. The molecule has 0 radical (unpaired) electrons. The Morgan fingerprint density at radius 2 is 1.82 bits per heavy atom. The van der Waals surface area contributed by atoms with Crippen LogP contribution in [0.5, 0.6) is 0 Å². The molecule has 0 amide bonds. The lowest BCUT2D eigenvalue weighted by atomic mass is 9.93. The number of nitrogens with one attached hydrogen (secondary N) is 1. The first-order valence-corrected chi connectivity index (χ1v) is 14.3. The van der Waals surface area contributed by atoms with Gasteiger partial charge in [0.15, 0.2) is 0 Å². The number of halogens is 2. The van der Waals surface area contributed by atoms with Crippen LogP contribution in [0.2, 0.25) is 0 Å². The van der Waals surface area contributed by atoms with Crippen LogP contribution in [0, 0.1) is 5.41 Å². The van der Waals surface area contributed by atoms with Gasteiger partial charge in [0, 0.05) is 37.3 Å². The second kappa shape index (κ2) is 8.87. The third kappa shape index (κ3) is 4.80. The average Bonchev–Trinajstić information content (AvgIpc) is 3.69. The fourth-order valence-electron chi connectivity index (χ4n) is 5.14. The van der Waals surface area contributed by atoms with Gasteiger partial charge in [-0.3, -0.25) is 9.52 Å². The zero-order valence-electron chi connectivity index (χ0n) is 20.6. The van der Waals surface area contributed by atoms with Gasteiger partial charge in [-0.15, -0.1) is 0 Å². The molecular formula is C25H28F2N6O4S. The van der Waals surface area contributed by atoms with Crippen molar-refractivity contribution in [1.29, 1.82) is 0 Å². The SMILES string of the molecule is O=c1ccc(-c2cnn(-c3ccc(NS(=O)(=O)CCO)cc3N3CCC4(CC3)CC4)c2)nn1C1CC1(F)F. The van der Waals surface area contributed by atoms with E-state index >= 15 is 0 Å². The smallest absolute Gasteiger partial charge is 0.272 e. The molecule has 0 bridgehead atoms. The van der Waals surface area contributed by atoms with E-state index in [1.165, 1.54) is 25.0 Å². The standard InChI is InChI=1S/C25H28F2N6O4S/c26-25(27)14-22(25)33-23(35)4-2-19(29-33)17-15-28-32(16-17)20-3-1-18(30-38(36,37)12-11-34)13-21(20)31-9-7-24(5-6-24)8-10-31/h1-4,13,15-16,22,30,34H,5-12,14H2. The minimum Gasteiger partial charge on any atom is -0.395 e. The molecule has 3 aliphatic rings. The van der Waals surface area contributed by atoms with Gasteiger partial charge in [-0.25, -0.2) is 26.6 Å². The van der Waals surface area contributed by atoms with E-state index in [9.17, 15) is 22.0 Å². The number of aliphatic hydroxyl groups excluding tert-OH is 1. The maximum atomic E-state index is 13.6. The summed E-state index contributed by atoms with van der Waals surface area (Å²) in [4.78, 5) is 14.3. The van der Waals surface area contributed by atoms with Gasteiger partial charge < -0.3 is 10.0 Å². The molecule has 1 aromatic carbocycles. The number of hydrogen-bond donors (Lipinski definition) is 2. The zero-order valence-corrected chi connectivity index (χ0v) is 21.4. The number of alkyl halides is 2. The van der Waals surface area contributed by atoms with Crippen LogP contribution in [-0.4, -0.2) is 64.5 Å². The molecule has 38 heavy (non-hydrogen) atoms. The molecule has 3 aromatic rings. The molecule has 2 aromatic heterocycles. The van der Waals surface area contributed by atoms with Crippen LogP contribution in [0.4, 0.5) is 20.2 Å². The van der Waals surface area contributed by atoms with Gasteiger partial charge in [0.25, 0.3) is 11.5 Å². The van der Waals surface area contributed by atoms with Crippen molar-refractivity contribution in [3.63, 3.8) is 0 Å². The van der Waals surface area contributed by atoms with Crippen molar-refractivity contribution in [1.82, 2.24) is 19.6 Å². The molecule has 10 nitrogen and oxygen atoms in total. The molecule has 2 N–H and O–H groups in total. The molecule has 1 aliphatic heterocycles. The summed E-state index contributed by atoms with van der Waals surface area (Å²) >= 11 is 0. The van der Waals surface area contributed by atoms with E-state index in [-0.39, 0.29) is 0 Å². The molecule has 13 heteroatoms. The first-order chi connectivity index (χ1) is 18.1. The van der Waals surface area contributed by atoms with E-state index in [0.717, 1.165) is 42.0 Å². The van der Waals surface area contributed by atoms with Crippen molar-refractivity contribution < 1.29 is 22.3 Å². The second-order valence-corrected chi connectivity index (χ2v) is 12.3. The number of aliphatic hydroxyl groups is 1. The summed E-state index contributed by atoms with van der Waals surface area (Å²) in [6, 6.07) is 6.66. The third-order valence-electron chi connectivity index (χ3n) is 7.77. The summed E-state index contributed by atoms with van der Waals surface area (Å²) in [5, 5.41) is 17.7. The molecule has 1 atom stereocenters. The van der Waals surface area contributed by atoms with Crippen molar-refractivity contribution in [2.75, 3.05) is 35.1 Å². The van der Waals surface area contributed by atoms with Gasteiger partial charge in [-0.05, 0) is 55.4 Å². The molecule has 3 heterocycles. The highest BCUT2D eigenvalue weighted by Crippen LogP contribution is 2.54. The van der Waals surface area contributed by atoms with Gasteiger partial charge in [-0.1, -0.05) is 0 Å². The van der Waals surface area contributed by atoms with Crippen molar-refractivity contribution >= 4 is 21.4 Å². The Morgan fingerprint density at radius 1 is 1.08 bits per heavy atom. The van der Waals surface area contributed by atoms with Gasteiger partial charge in [0.2, 0.25) is 10.0 Å². The average molecular weight is 547 g/mol. The van der Waals surface area contributed by atoms with E-state index < -0.39 is 46.3 Å². The number of hydrogen-bond acceptors (Lipinski definition) is 7. The van der Waals surface area contributed by atoms with Crippen LogP contribution in [-0.2, 0) is 10.0 Å². The molecule has 202 valence electrons. The van der Waals surface area contributed by atoms with Crippen LogP contribution in [0.15, 0.2) is 47.5 Å². The lowest BCUT2D eigenvalue weighted by Crippen LogP contribution is -2.35. The number of rotatable bonds is 8. The molecule has 2 aliphatic carbocycles. The Labute approximate surface area is 217 Å². The van der Waals surface area contributed by atoms with Crippen molar-refractivity contribution in [2.45, 2.75) is 44.1 Å². The summed E-state index contributed by atoms with van der Waals surface area (Å²) in [6.45, 7) is 1.18. The number of piperidine rings is 1. The minimum absolute atomic E-state index is 0.349. The van der Waals surface area contributed by atoms with Crippen LogP contribution < -0.4 is 15.2 Å². The number of sulfonamides is 1. The number of nitrogens with zero attached hydrogens (tertiary/aromatic N) is 5. The van der Waals surface area contributed by atoms with Gasteiger partial charge in [-0.2, -0.15) is 10.2 Å². The quantitative estimate of drug-likeness (QED) is 0.446. The minimum atomic E-state index is -3.70. The Bertz CT molecular complexity index is 1540. The summed E-state index contributed by atoms with van der Waals surface area (Å²) < 4.78 is 56.7. The predicted octanol–water partition coefficient (Wildman–Crippen LogP) is 2.79. The van der Waals surface area contributed by atoms with Crippen LogP contribution in [0.25, 0.3) is 16.9 Å². The normalized spacial score (nSPS) is 21.4. The molecule has 3 fully saturated rings. The Hall–Kier alpha value is -3.32. The van der Waals surface area contributed by atoms with Crippen LogP contribution >= 0.6 is 0 Å². The highest BCUT2D eigenvalue weighted by atomic mass is 32.2. The van der Waals surface area contributed by atoms with E-state index in [1.807, 2.05) is 0 Å². The molecule has 1 saturated heterocycles. The molecular weight excluding hydrogens is 518 g/mol. The number of anilines is 2. The topological polar surface area (TPSA) is 122 Å². The predicted molar refractivity (Wildman–Crippen MR) is 137 cm³/mol. The highest BCUT2D eigenvalue weighted by Gasteiger charge is 2.59. The van der Waals surface area contributed by atoms with Crippen LogP contribution in [0.3, 0.4) is 0 Å². The first kappa shape index (κ1) is 25.0. The monoisotopic (exact) mass is 546 g/mol.